The van der Waals surface area contributed by atoms with Crippen LogP contribution in [0.5, 0.6) is 0 Å². The summed E-state index contributed by atoms with van der Waals surface area (Å²) in [7, 11) is -2.48. The van der Waals surface area contributed by atoms with Crippen molar-refractivity contribution >= 4 is 37.4 Å². The number of carbonyl (C=O) groups is 1. The highest BCUT2D eigenvalue weighted by molar-refractivity contribution is 7.89. The average molecular weight is 397 g/mol. The minimum atomic E-state index is -3.75. The Labute approximate surface area is 158 Å². The number of sulfonamides is 1. The van der Waals surface area contributed by atoms with Crippen molar-refractivity contribution in [1.29, 1.82) is 0 Å². The number of carbonyl (C=O) groups excluding carboxylic acids is 1. The molecule has 1 saturated heterocycles. The Hall–Kier alpha value is -1.48. The maximum Gasteiger partial charge on any atom is 0.349 e. The summed E-state index contributed by atoms with van der Waals surface area (Å²) in [6, 6.07) is 7.21. The minimum Gasteiger partial charge on any atom is -0.465 e. The molecule has 6 nitrogen and oxygen atoms in total. The SMILES string of the molecule is CCNCC1CCN(S(=O)(=O)c2c(C(=O)OC)sc3ccccc23)CC1. The number of methoxy groups -OCH3 is 1. The largest absolute Gasteiger partial charge is 0.465 e. The van der Waals surface area contributed by atoms with E-state index in [4.69, 9.17) is 4.74 Å². The molecule has 142 valence electrons. The number of nitrogens with one attached hydrogen (secondary N) is 1. The topological polar surface area (TPSA) is 75.7 Å². The number of hydrogen-bond acceptors (Lipinski definition) is 6. The van der Waals surface area contributed by atoms with Gasteiger partial charge in [0.15, 0.2) is 0 Å². The van der Waals surface area contributed by atoms with Crippen LogP contribution in [0.1, 0.15) is 29.4 Å². The van der Waals surface area contributed by atoms with E-state index in [1.807, 2.05) is 12.1 Å². The molecule has 0 bridgehead atoms. The molecule has 26 heavy (non-hydrogen) atoms. The van der Waals surface area contributed by atoms with Crippen LogP contribution >= 0.6 is 11.3 Å². The lowest BCUT2D eigenvalue weighted by molar-refractivity contribution is 0.0602. The second-order valence-electron chi connectivity index (χ2n) is 6.40. The van der Waals surface area contributed by atoms with Gasteiger partial charge in [0.1, 0.15) is 9.77 Å². The van der Waals surface area contributed by atoms with E-state index in [0.717, 1.165) is 30.6 Å². The molecule has 1 aliphatic rings. The Morgan fingerprint density at radius 2 is 2.00 bits per heavy atom. The minimum absolute atomic E-state index is 0.0927. The number of ether oxygens (including phenoxy) is 1. The summed E-state index contributed by atoms with van der Waals surface area (Å²) < 4.78 is 33.8. The molecule has 0 amide bonds. The van der Waals surface area contributed by atoms with Gasteiger partial charge in [-0.3, -0.25) is 0 Å². The molecule has 2 aromatic rings. The zero-order valence-electron chi connectivity index (χ0n) is 15.0. The number of piperidine rings is 1. The summed E-state index contributed by atoms with van der Waals surface area (Å²) in [5.74, 6) is -0.118. The molecule has 8 heteroatoms. The lowest BCUT2D eigenvalue weighted by Gasteiger charge is -2.31. The van der Waals surface area contributed by atoms with Gasteiger partial charge in [0.05, 0.1) is 7.11 Å². The highest BCUT2D eigenvalue weighted by Crippen LogP contribution is 2.37. The maximum atomic E-state index is 13.3. The summed E-state index contributed by atoms with van der Waals surface area (Å²) >= 11 is 1.17. The van der Waals surface area contributed by atoms with E-state index in [1.165, 1.54) is 22.8 Å². The lowest BCUT2D eigenvalue weighted by Crippen LogP contribution is -2.41. The van der Waals surface area contributed by atoms with Crippen LogP contribution in [0, 0.1) is 5.92 Å². The highest BCUT2D eigenvalue weighted by Gasteiger charge is 2.35. The van der Waals surface area contributed by atoms with Crippen LogP contribution in [0.3, 0.4) is 0 Å². The van der Waals surface area contributed by atoms with Gasteiger partial charge in [0, 0.05) is 23.2 Å². The van der Waals surface area contributed by atoms with Crippen LogP contribution in [-0.2, 0) is 14.8 Å². The molecule has 0 saturated carbocycles. The van der Waals surface area contributed by atoms with Crippen molar-refractivity contribution in [3.05, 3.63) is 29.1 Å². The van der Waals surface area contributed by atoms with Gasteiger partial charge in [0.25, 0.3) is 0 Å². The van der Waals surface area contributed by atoms with E-state index in [2.05, 4.69) is 12.2 Å². The molecule has 0 atom stereocenters. The van der Waals surface area contributed by atoms with Crippen molar-refractivity contribution in [3.8, 4) is 0 Å². The fraction of sp³-hybridized carbons (Fsp3) is 0.500. The summed E-state index contributed by atoms with van der Waals surface area (Å²) in [4.78, 5) is 12.4. The Kier molecular flexibility index (Phi) is 5.96. The van der Waals surface area contributed by atoms with E-state index in [1.54, 1.807) is 12.1 Å². The van der Waals surface area contributed by atoms with Crippen LogP contribution in [0.15, 0.2) is 29.2 Å². The molecular formula is C18H24N2O4S2. The summed E-state index contributed by atoms with van der Waals surface area (Å²) in [6.45, 7) is 4.85. The molecule has 1 aliphatic heterocycles. The van der Waals surface area contributed by atoms with E-state index in [9.17, 15) is 13.2 Å². The fourth-order valence-electron chi connectivity index (χ4n) is 3.34. The fourth-order valence-corrected chi connectivity index (χ4v) is 6.58. The van der Waals surface area contributed by atoms with E-state index < -0.39 is 16.0 Å². The van der Waals surface area contributed by atoms with E-state index in [-0.39, 0.29) is 9.77 Å². The van der Waals surface area contributed by atoms with E-state index >= 15 is 0 Å². The van der Waals surface area contributed by atoms with Gasteiger partial charge in [-0.2, -0.15) is 4.31 Å². The maximum absolute atomic E-state index is 13.3. The number of fused-ring (bicyclic) bond motifs is 1. The molecule has 0 unspecified atom stereocenters. The second kappa shape index (κ2) is 8.04. The predicted molar refractivity (Wildman–Crippen MR) is 103 cm³/mol. The van der Waals surface area contributed by atoms with Crippen LogP contribution in [0.4, 0.5) is 0 Å². The Morgan fingerprint density at radius 1 is 1.31 bits per heavy atom. The molecule has 1 aromatic carbocycles. The summed E-state index contributed by atoms with van der Waals surface area (Å²) in [5.41, 5.74) is 0. The van der Waals surface area contributed by atoms with Crippen molar-refractivity contribution in [2.75, 3.05) is 33.3 Å². The van der Waals surface area contributed by atoms with Gasteiger partial charge >= 0.3 is 5.97 Å². The highest BCUT2D eigenvalue weighted by atomic mass is 32.2. The molecule has 3 rings (SSSR count). The third-order valence-corrected chi connectivity index (χ3v) is 8.04. The molecule has 1 aromatic heterocycles. The zero-order chi connectivity index (χ0) is 18.7. The van der Waals surface area contributed by atoms with Gasteiger partial charge in [-0.15, -0.1) is 11.3 Å². The van der Waals surface area contributed by atoms with E-state index in [0.29, 0.717) is 24.4 Å². The molecule has 0 radical (unpaired) electrons. The molecule has 0 aliphatic carbocycles. The number of thiophene rings is 1. The zero-order valence-corrected chi connectivity index (χ0v) is 16.7. The lowest BCUT2D eigenvalue weighted by atomic mass is 9.98. The first-order valence-electron chi connectivity index (χ1n) is 8.79. The van der Waals surface area contributed by atoms with Gasteiger partial charge in [-0.05, 0) is 37.9 Å². The van der Waals surface area contributed by atoms with Crippen molar-refractivity contribution in [3.63, 3.8) is 0 Å². The van der Waals surface area contributed by atoms with Crippen molar-refractivity contribution in [2.24, 2.45) is 5.92 Å². The Morgan fingerprint density at radius 3 is 2.65 bits per heavy atom. The number of hydrogen-bond donors (Lipinski definition) is 1. The second-order valence-corrected chi connectivity index (χ2v) is 9.33. The standard InChI is InChI=1S/C18H24N2O4S2/c1-3-19-12-13-8-10-20(11-9-13)26(22,23)17-14-6-4-5-7-15(14)25-16(17)18(21)24-2/h4-7,13,19H,3,8-12H2,1-2H3. The Bertz CT molecular complexity index is 884. The average Bonchev–Trinajstić information content (AvgIpc) is 3.06. The first-order valence-corrected chi connectivity index (χ1v) is 11.1. The predicted octanol–water partition coefficient (Wildman–Crippen LogP) is 2.70. The number of esters is 1. The molecule has 0 spiro atoms. The summed E-state index contributed by atoms with van der Waals surface area (Å²) in [5, 5.41) is 3.92. The van der Waals surface area contributed by atoms with Crippen LogP contribution in [0.25, 0.3) is 10.1 Å². The van der Waals surface area contributed by atoms with Gasteiger partial charge < -0.3 is 10.1 Å². The number of rotatable bonds is 6. The van der Waals surface area contributed by atoms with Crippen molar-refractivity contribution in [2.45, 2.75) is 24.7 Å². The quantitative estimate of drug-likeness (QED) is 0.760. The monoisotopic (exact) mass is 396 g/mol. The van der Waals surface area contributed by atoms with Crippen molar-refractivity contribution in [1.82, 2.24) is 9.62 Å². The van der Waals surface area contributed by atoms with Gasteiger partial charge in [0.2, 0.25) is 10.0 Å². The van der Waals surface area contributed by atoms with Crippen LogP contribution in [0.2, 0.25) is 0 Å². The molecular weight excluding hydrogens is 372 g/mol. The number of nitrogens with zero attached hydrogens (tertiary/aromatic N) is 1. The Balaban J connectivity index is 1.94. The number of benzene rings is 1. The van der Waals surface area contributed by atoms with Crippen molar-refractivity contribution < 1.29 is 17.9 Å². The molecule has 2 heterocycles. The molecule has 1 N–H and O–H groups in total. The normalized spacial score (nSPS) is 16.8. The third-order valence-electron chi connectivity index (χ3n) is 4.78. The summed E-state index contributed by atoms with van der Waals surface area (Å²) in [6.07, 6.45) is 1.64. The first-order chi connectivity index (χ1) is 12.5. The van der Waals surface area contributed by atoms with Gasteiger partial charge in [-0.25, -0.2) is 13.2 Å². The first kappa shape index (κ1) is 19.3. The third kappa shape index (κ3) is 3.64. The molecule has 1 fully saturated rings. The van der Waals surface area contributed by atoms with Gasteiger partial charge in [-0.1, -0.05) is 25.1 Å². The smallest absolute Gasteiger partial charge is 0.349 e. The van der Waals surface area contributed by atoms with Crippen LogP contribution in [-0.4, -0.2) is 52.0 Å². The van der Waals surface area contributed by atoms with Crippen LogP contribution < -0.4 is 5.32 Å².